The number of carbonyl (C=O) groups is 1. The lowest BCUT2D eigenvalue weighted by atomic mass is 10.1. The van der Waals surface area contributed by atoms with Crippen LogP contribution >= 0.6 is 23.4 Å². The number of thioether (sulfide) groups is 1. The molecule has 0 saturated heterocycles. The first kappa shape index (κ1) is 12.6. The Balaban J connectivity index is 2.12. The molecule has 0 saturated carbocycles. The quantitative estimate of drug-likeness (QED) is 0.879. The third-order valence-corrected chi connectivity index (χ3v) is 4.69. The van der Waals surface area contributed by atoms with Gasteiger partial charge < -0.3 is 5.32 Å². The number of hydrogen-bond acceptors (Lipinski definition) is 3. The molecular weight excluding hydrogens is 282 g/mol. The van der Waals surface area contributed by atoms with Gasteiger partial charge in [-0.15, -0.1) is 11.8 Å². The number of hydrogen-bond donors (Lipinski definition) is 1. The zero-order valence-electron chi connectivity index (χ0n) is 10.3. The van der Waals surface area contributed by atoms with Gasteiger partial charge >= 0.3 is 0 Å². The van der Waals surface area contributed by atoms with Crippen molar-refractivity contribution in [3.8, 4) is 0 Å². The van der Waals surface area contributed by atoms with Crippen LogP contribution in [-0.4, -0.2) is 21.4 Å². The van der Waals surface area contributed by atoms with Crippen molar-refractivity contribution < 1.29 is 4.79 Å². The second-order valence-corrected chi connectivity index (χ2v) is 5.83. The Bertz CT molecular complexity index is 641. The number of carbonyl (C=O) groups excluding carboxylic acids is 1. The fourth-order valence-electron chi connectivity index (χ4n) is 2.16. The van der Waals surface area contributed by atoms with E-state index >= 15 is 0 Å². The van der Waals surface area contributed by atoms with Crippen molar-refractivity contribution in [1.29, 1.82) is 0 Å². The summed E-state index contributed by atoms with van der Waals surface area (Å²) in [5, 5.41) is 7.85. The lowest BCUT2D eigenvalue weighted by Gasteiger charge is -2.15. The van der Waals surface area contributed by atoms with Gasteiger partial charge in [0.15, 0.2) is 0 Å². The zero-order chi connectivity index (χ0) is 13.4. The normalized spacial score (nSPS) is 18.6. The number of nitrogens with zero attached hydrogens (tertiary/aromatic N) is 2. The summed E-state index contributed by atoms with van der Waals surface area (Å²) in [5.41, 5.74) is 2.01. The Kier molecular flexibility index (Phi) is 3.24. The number of aromatic nitrogens is 2. The van der Waals surface area contributed by atoms with Crippen LogP contribution in [-0.2, 0) is 11.8 Å². The molecule has 1 N–H and O–H groups in total. The van der Waals surface area contributed by atoms with Crippen molar-refractivity contribution in [3.05, 3.63) is 46.6 Å². The van der Waals surface area contributed by atoms with Gasteiger partial charge in [-0.25, -0.2) is 0 Å². The van der Waals surface area contributed by atoms with E-state index in [0.717, 1.165) is 16.9 Å². The van der Waals surface area contributed by atoms with Crippen LogP contribution in [0.25, 0.3) is 0 Å². The van der Waals surface area contributed by atoms with E-state index in [1.807, 2.05) is 31.3 Å². The van der Waals surface area contributed by atoms with Gasteiger partial charge in [0.05, 0.1) is 17.2 Å². The zero-order valence-corrected chi connectivity index (χ0v) is 11.8. The van der Waals surface area contributed by atoms with Crippen LogP contribution in [0, 0.1) is 0 Å². The molecule has 2 aromatic rings. The highest BCUT2D eigenvalue weighted by Crippen LogP contribution is 2.43. The summed E-state index contributed by atoms with van der Waals surface area (Å²) in [7, 11) is 1.82. The predicted octanol–water partition coefficient (Wildman–Crippen LogP) is 2.85. The maximum atomic E-state index is 11.8. The van der Waals surface area contributed by atoms with Crippen molar-refractivity contribution in [2.75, 3.05) is 11.1 Å². The van der Waals surface area contributed by atoms with Gasteiger partial charge in [-0.1, -0.05) is 29.8 Å². The second kappa shape index (κ2) is 4.90. The molecule has 0 fully saturated rings. The highest BCUT2D eigenvalue weighted by molar-refractivity contribution is 8.00. The summed E-state index contributed by atoms with van der Waals surface area (Å²) < 4.78 is 1.68. The lowest BCUT2D eigenvalue weighted by Crippen LogP contribution is -2.15. The molecule has 98 valence electrons. The molecule has 0 spiro atoms. The number of rotatable bonds is 1. The Labute approximate surface area is 120 Å². The van der Waals surface area contributed by atoms with E-state index < -0.39 is 0 Å². The number of benzene rings is 1. The predicted molar refractivity (Wildman–Crippen MR) is 77.6 cm³/mol. The monoisotopic (exact) mass is 293 g/mol. The van der Waals surface area contributed by atoms with Crippen LogP contribution in [0.1, 0.15) is 16.4 Å². The Morgan fingerprint density at radius 3 is 3.00 bits per heavy atom. The maximum absolute atomic E-state index is 11.8. The van der Waals surface area contributed by atoms with Crippen LogP contribution in [0.2, 0.25) is 5.02 Å². The molecule has 2 heterocycles. The molecule has 19 heavy (non-hydrogen) atoms. The van der Waals surface area contributed by atoms with Crippen LogP contribution in [0.3, 0.4) is 0 Å². The molecular formula is C13H12ClN3OS. The summed E-state index contributed by atoms with van der Waals surface area (Å²) in [6.07, 6.45) is 1.79. The number of nitrogens with one attached hydrogen (secondary N) is 1. The summed E-state index contributed by atoms with van der Waals surface area (Å²) >= 11 is 7.84. The first-order valence-electron chi connectivity index (χ1n) is 5.84. The van der Waals surface area contributed by atoms with E-state index in [4.69, 9.17) is 11.6 Å². The van der Waals surface area contributed by atoms with Crippen LogP contribution in [0.4, 0.5) is 5.82 Å². The first-order chi connectivity index (χ1) is 9.16. The van der Waals surface area contributed by atoms with Gasteiger partial charge in [0.25, 0.3) is 0 Å². The number of aryl methyl sites for hydroxylation is 1. The third-order valence-electron chi connectivity index (χ3n) is 3.08. The van der Waals surface area contributed by atoms with Crippen molar-refractivity contribution in [1.82, 2.24) is 9.78 Å². The molecule has 1 amide bonds. The van der Waals surface area contributed by atoms with Gasteiger partial charge in [-0.2, -0.15) is 5.10 Å². The highest BCUT2D eigenvalue weighted by atomic mass is 35.5. The van der Waals surface area contributed by atoms with Gasteiger partial charge in [-0.3, -0.25) is 9.48 Å². The molecule has 0 bridgehead atoms. The number of halogens is 1. The SMILES string of the molecule is Cn1ncc2c1NC(=O)CS[C@H]2c1ccccc1Cl. The van der Waals surface area contributed by atoms with E-state index in [-0.39, 0.29) is 11.2 Å². The summed E-state index contributed by atoms with van der Waals surface area (Å²) in [5.74, 6) is 1.15. The van der Waals surface area contributed by atoms with Crippen molar-refractivity contribution in [2.24, 2.45) is 7.05 Å². The fraction of sp³-hybridized carbons (Fsp3) is 0.231. The van der Waals surface area contributed by atoms with E-state index in [2.05, 4.69) is 10.4 Å². The molecule has 1 aliphatic rings. The Hall–Kier alpha value is -1.46. The molecule has 0 unspecified atom stereocenters. The molecule has 1 aliphatic heterocycles. The molecule has 1 aromatic carbocycles. The Morgan fingerprint density at radius 1 is 1.42 bits per heavy atom. The average Bonchev–Trinajstić information content (AvgIpc) is 2.66. The minimum Gasteiger partial charge on any atom is -0.310 e. The van der Waals surface area contributed by atoms with Gasteiger partial charge in [0.1, 0.15) is 5.82 Å². The van der Waals surface area contributed by atoms with Gasteiger partial charge in [-0.05, 0) is 11.6 Å². The van der Waals surface area contributed by atoms with Crippen LogP contribution in [0.5, 0.6) is 0 Å². The topological polar surface area (TPSA) is 46.9 Å². The van der Waals surface area contributed by atoms with Gasteiger partial charge in [0.2, 0.25) is 5.91 Å². The average molecular weight is 294 g/mol. The highest BCUT2D eigenvalue weighted by Gasteiger charge is 2.27. The number of amides is 1. The molecule has 3 rings (SSSR count). The summed E-state index contributed by atoms with van der Waals surface area (Å²) in [6.45, 7) is 0. The first-order valence-corrected chi connectivity index (χ1v) is 7.27. The molecule has 0 aliphatic carbocycles. The Morgan fingerprint density at radius 2 is 2.21 bits per heavy atom. The lowest BCUT2D eigenvalue weighted by molar-refractivity contribution is -0.113. The standard InChI is InChI=1S/C13H12ClN3OS/c1-17-13-9(6-15-17)12(19-7-11(18)16-13)8-4-2-3-5-10(8)14/h2-6,12H,7H2,1H3,(H,16,18)/t12-/m0/s1. The number of anilines is 1. The van der Waals surface area contributed by atoms with Crippen molar-refractivity contribution >= 4 is 35.1 Å². The van der Waals surface area contributed by atoms with Crippen LogP contribution < -0.4 is 5.32 Å². The smallest absolute Gasteiger partial charge is 0.235 e. The maximum Gasteiger partial charge on any atom is 0.235 e. The second-order valence-electron chi connectivity index (χ2n) is 4.33. The minimum atomic E-state index is -0.00981. The van der Waals surface area contributed by atoms with Crippen molar-refractivity contribution in [2.45, 2.75) is 5.25 Å². The fourth-order valence-corrected chi connectivity index (χ4v) is 3.60. The van der Waals surface area contributed by atoms with Gasteiger partial charge in [0, 0.05) is 17.6 Å². The van der Waals surface area contributed by atoms with E-state index in [1.165, 1.54) is 0 Å². The van der Waals surface area contributed by atoms with Crippen molar-refractivity contribution in [3.63, 3.8) is 0 Å². The molecule has 4 nitrogen and oxygen atoms in total. The van der Waals surface area contributed by atoms with E-state index in [1.54, 1.807) is 22.6 Å². The van der Waals surface area contributed by atoms with E-state index in [9.17, 15) is 4.79 Å². The van der Waals surface area contributed by atoms with E-state index in [0.29, 0.717) is 10.8 Å². The summed E-state index contributed by atoms with van der Waals surface area (Å²) in [4.78, 5) is 11.8. The third kappa shape index (κ3) is 2.24. The molecule has 1 aromatic heterocycles. The number of fused-ring (bicyclic) bond motifs is 1. The summed E-state index contributed by atoms with van der Waals surface area (Å²) in [6, 6.07) is 7.72. The molecule has 1 atom stereocenters. The minimum absolute atomic E-state index is 0.00981. The largest absolute Gasteiger partial charge is 0.310 e. The molecule has 6 heteroatoms. The van der Waals surface area contributed by atoms with Crippen LogP contribution in [0.15, 0.2) is 30.5 Å². The molecule has 0 radical (unpaired) electrons.